The molecule has 14 heavy (non-hydrogen) atoms. The maximum atomic E-state index is 11.1. The van der Waals surface area contributed by atoms with Crippen LogP contribution in [0.4, 0.5) is 0 Å². The molecule has 0 aliphatic carbocycles. The van der Waals surface area contributed by atoms with Gasteiger partial charge in [-0.3, -0.25) is 14.8 Å². The number of nitrogens with zero attached hydrogens (tertiary/aromatic N) is 2. The Bertz CT molecular complexity index is 390. The van der Waals surface area contributed by atoms with Crippen LogP contribution < -0.4 is 17.0 Å². The molecule has 1 heterocycles. The third kappa shape index (κ3) is 2.82. The number of nitrogens with two attached hydrogens (primary N) is 1. The molecule has 0 saturated heterocycles. The highest BCUT2D eigenvalue weighted by atomic mass is 35.5. The molecule has 1 amide bonds. The van der Waals surface area contributed by atoms with Crippen molar-refractivity contribution in [1.29, 1.82) is 0 Å². The van der Waals surface area contributed by atoms with Crippen molar-refractivity contribution >= 4 is 17.5 Å². The van der Waals surface area contributed by atoms with Crippen molar-refractivity contribution in [1.82, 2.24) is 15.0 Å². The van der Waals surface area contributed by atoms with Gasteiger partial charge < -0.3 is 0 Å². The zero-order valence-corrected chi connectivity index (χ0v) is 7.99. The number of carbonyl (C=O) groups excluding carboxylic acids is 1. The van der Waals surface area contributed by atoms with Crippen molar-refractivity contribution in [3.63, 3.8) is 0 Å². The van der Waals surface area contributed by atoms with Crippen LogP contribution in [0.25, 0.3) is 0 Å². The molecule has 0 atom stereocenters. The normalized spacial score (nSPS) is 9.86. The molecule has 0 aliphatic heterocycles. The molecule has 0 radical (unpaired) electrons. The molecule has 1 aromatic rings. The van der Waals surface area contributed by atoms with Crippen LogP contribution in [0.3, 0.4) is 0 Å². The first-order valence-electron chi connectivity index (χ1n) is 3.85. The number of rotatable bonds is 3. The second-order valence-electron chi connectivity index (χ2n) is 2.57. The van der Waals surface area contributed by atoms with E-state index in [1.807, 2.05) is 5.43 Å². The lowest BCUT2D eigenvalue weighted by molar-refractivity contribution is -0.121. The molecule has 0 saturated carbocycles. The molecule has 1 rings (SSSR count). The number of hydrazine groups is 1. The van der Waals surface area contributed by atoms with Crippen molar-refractivity contribution in [2.45, 2.75) is 13.0 Å². The first-order chi connectivity index (χ1) is 6.63. The molecular weight excluding hydrogens is 208 g/mol. The molecule has 1 aromatic heterocycles. The number of carbonyl (C=O) groups is 1. The SMILES string of the molecule is NNC(=O)CCn1cc(Cl)cnc1=O. The van der Waals surface area contributed by atoms with E-state index in [0.29, 0.717) is 5.02 Å². The second-order valence-corrected chi connectivity index (χ2v) is 3.00. The summed E-state index contributed by atoms with van der Waals surface area (Å²) in [6.07, 6.45) is 2.78. The fourth-order valence-electron chi connectivity index (χ4n) is 0.883. The maximum absolute atomic E-state index is 11.1. The number of aryl methyl sites for hydroxylation is 1. The molecule has 7 heteroatoms. The molecule has 0 unspecified atom stereocenters. The average molecular weight is 217 g/mol. The fraction of sp³-hybridized carbons (Fsp3) is 0.286. The van der Waals surface area contributed by atoms with Crippen LogP contribution in [-0.2, 0) is 11.3 Å². The van der Waals surface area contributed by atoms with Gasteiger partial charge in [0.25, 0.3) is 0 Å². The molecule has 6 nitrogen and oxygen atoms in total. The number of halogens is 1. The van der Waals surface area contributed by atoms with Crippen LogP contribution in [0.5, 0.6) is 0 Å². The lowest BCUT2D eigenvalue weighted by atomic mass is 10.4. The summed E-state index contributed by atoms with van der Waals surface area (Å²) in [5.41, 5.74) is 1.52. The summed E-state index contributed by atoms with van der Waals surface area (Å²) in [5.74, 6) is 4.53. The van der Waals surface area contributed by atoms with Gasteiger partial charge in [0.15, 0.2) is 0 Å². The van der Waals surface area contributed by atoms with E-state index in [2.05, 4.69) is 4.98 Å². The second kappa shape index (κ2) is 4.73. The van der Waals surface area contributed by atoms with Gasteiger partial charge in [0.05, 0.1) is 11.2 Å². The Labute approximate surface area is 84.7 Å². The highest BCUT2D eigenvalue weighted by molar-refractivity contribution is 6.30. The Kier molecular flexibility index (Phi) is 3.61. The van der Waals surface area contributed by atoms with Crippen LogP contribution in [-0.4, -0.2) is 15.5 Å². The predicted molar refractivity (Wildman–Crippen MR) is 50.5 cm³/mol. The standard InChI is InChI=1S/C7H9ClN4O2/c8-5-3-10-7(14)12(4-5)2-1-6(13)11-9/h3-4H,1-2,9H2,(H,11,13). The van der Waals surface area contributed by atoms with Crippen LogP contribution in [0.15, 0.2) is 17.2 Å². The van der Waals surface area contributed by atoms with E-state index in [9.17, 15) is 9.59 Å². The monoisotopic (exact) mass is 216 g/mol. The van der Waals surface area contributed by atoms with Gasteiger partial charge in [-0.25, -0.2) is 15.6 Å². The number of nitrogens with one attached hydrogen (secondary N) is 1. The van der Waals surface area contributed by atoms with Gasteiger partial charge in [0, 0.05) is 19.2 Å². The largest absolute Gasteiger partial charge is 0.347 e. The summed E-state index contributed by atoms with van der Waals surface area (Å²) in [4.78, 5) is 25.4. The molecule has 3 N–H and O–H groups in total. The zero-order valence-electron chi connectivity index (χ0n) is 7.24. The van der Waals surface area contributed by atoms with E-state index >= 15 is 0 Å². The molecule has 0 aliphatic rings. The first kappa shape index (κ1) is 10.7. The van der Waals surface area contributed by atoms with Crippen LogP contribution in [0, 0.1) is 0 Å². The summed E-state index contributed by atoms with van der Waals surface area (Å²) in [6, 6.07) is 0. The number of aromatic nitrogens is 2. The van der Waals surface area contributed by atoms with Crippen molar-refractivity contribution in [2.75, 3.05) is 0 Å². The van der Waals surface area contributed by atoms with Gasteiger partial charge in [-0.1, -0.05) is 11.6 Å². The van der Waals surface area contributed by atoms with Gasteiger partial charge in [-0.2, -0.15) is 0 Å². The summed E-state index contributed by atoms with van der Waals surface area (Å²) < 4.78 is 1.25. The highest BCUT2D eigenvalue weighted by Crippen LogP contribution is 2.01. The predicted octanol–water partition coefficient (Wildman–Crippen LogP) is -0.723. The Morgan fingerprint density at radius 1 is 1.71 bits per heavy atom. The Balaban J connectivity index is 2.71. The molecule has 0 aromatic carbocycles. The smallest absolute Gasteiger partial charge is 0.297 e. The minimum absolute atomic E-state index is 0.110. The van der Waals surface area contributed by atoms with E-state index in [1.54, 1.807) is 0 Å². The van der Waals surface area contributed by atoms with Crippen LogP contribution >= 0.6 is 11.6 Å². The Morgan fingerprint density at radius 3 is 3.07 bits per heavy atom. The summed E-state index contributed by atoms with van der Waals surface area (Å²) in [5, 5.41) is 0.345. The molecule has 0 spiro atoms. The van der Waals surface area contributed by atoms with E-state index in [1.165, 1.54) is 17.0 Å². The van der Waals surface area contributed by atoms with Gasteiger partial charge in [0.1, 0.15) is 0 Å². The molecule has 0 bridgehead atoms. The minimum atomic E-state index is -0.445. The van der Waals surface area contributed by atoms with Crippen molar-refractivity contribution in [3.05, 3.63) is 27.9 Å². The van der Waals surface area contributed by atoms with Gasteiger partial charge in [-0.15, -0.1) is 0 Å². The third-order valence-corrected chi connectivity index (χ3v) is 1.76. The Hall–Kier alpha value is -1.40. The minimum Gasteiger partial charge on any atom is -0.297 e. The fourth-order valence-corrected chi connectivity index (χ4v) is 1.05. The van der Waals surface area contributed by atoms with E-state index in [4.69, 9.17) is 17.4 Å². The van der Waals surface area contributed by atoms with E-state index in [0.717, 1.165) is 0 Å². The van der Waals surface area contributed by atoms with Gasteiger partial charge in [0.2, 0.25) is 5.91 Å². The van der Waals surface area contributed by atoms with Crippen LogP contribution in [0.1, 0.15) is 6.42 Å². The molecule has 0 fully saturated rings. The summed E-state index contributed by atoms with van der Waals surface area (Å²) >= 11 is 5.62. The lowest BCUT2D eigenvalue weighted by Gasteiger charge is -2.03. The van der Waals surface area contributed by atoms with Crippen molar-refractivity contribution < 1.29 is 4.79 Å². The quantitative estimate of drug-likeness (QED) is 0.396. The molecule has 76 valence electrons. The number of hydrogen-bond donors (Lipinski definition) is 2. The van der Waals surface area contributed by atoms with E-state index in [-0.39, 0.29) is 18.9 Å². The topological polar surface area (TPSA) is 90.0 Å². The zero-order chi connectivity index (χ0) is 10.6. The molecular formula is C7H9ClN4O2. The number of amides is 1. The van der Waals surface area contributed by atoms with Gasteiger partial charge >= 0.3 is 5.69 Å². The third-order valence-electron chi connectivity index (χ3n) is 1.56. The van der Waals surface area contributed by atoms with Crippen molar-refractivity contribution in [3.8, 4) is 0 Å². The summed E-state index contributed by atoms with van der Waals surface area (Å²) in [7, 11) is 0. The van der Waals surface area contributed by atoms with Crippen molar-refractivity contribution in [2.24, 2.45) is 5.84 Å². The average Bonchev–Trinajstić information content (AvgIpc) is 2.19. The van der Waals surface area contributed by atoms with Gasteiger partial charge in [-0.05, 0) is 0 Å². The highest BCUT2D eigenvalue weighted by Gasteiger charge is 2.02. The summed E-state index contributed by atoms with van der Waals surface area (Å²) in [6.45, 7) is 0.204. The first-order valence-corrected chi connectivity index (χ1v) is 4.22. The number of hydrogen-bond acceptors (Lipinski definition) is 4. The lowest BCUT2D eigenvalue weighted by Crippen LogP contribution is -2.32. The van der Waals surface area contributed by atoms with Crippen LogP contribution in [0.2, 0.25) is 5.02 Å². The maximum Gasteiger partial charge on any atom is 0.347 e. The Morgan fingerprint density at radius 2 is 2.43 bits per heavy atom. The van der Waals surface area contributed by atoms with E-state index < -0.39 is 5.69 Å².